The topological polar surface area (TPSA) is 81.5 Å². The van der Waals surface area contributed by atoms with Crippen LogP contribution in [0.3, 0.4) is 0 Å². The number of nitrogens with zero attached hydrogens (tertiary/aromatic N) is 1. The molecule has 4 N–H and O–H groups in total. The van der Waals surface area contributed by atoms with Gasteiger partial charge in [-0.05, 0) is 90.3 Å². The fraction of sp³-hybridized carbons (Fsp3) is 0.535. The molecule has 4 nitrogen and oxygen atoms in total. The molecule has 0 bridgehead atoms. The molecule has 1 aliphatic rings. The van der Waals surface area contributed by atoms with E-state index in [9.17, 15) is 4.39 Å². The zero-order valence-corrected chi connectivity index (χ0v) is 32.7. The molecule has 0 aromatic heterocycles. The van der Waals surface area contributed by atoms with Crippen LogP contribution in [0.1, 0.15) is 143 Å². The molecule has 1 aliphatic carbocycles. The molecule has 1 saturated carbocycles. The maximum Gasteiger partial charge on any atom is 0.132 e. The van der Waals surface area contributed by atoms with Crippen molar-refractivity contribution in [3.8, 4) is 0 Å². The third-order valence-electron chi connectivity index (χ3n) is 7.34. The van der Waals surface area contributed by atoms with Gasteiger partial charge in [0.05, 0.1) is 6.04 Å². The monoisotopic (exact) mass is 666 g/mol. The molecule has 1 fully saturated rings. The summed E-state index contributed by atoms with van der Waals surface area (Å²) in [7, 11) is 0. The molecule has 0 aliphatic heterocycles. The average Bonchev–Trinajstić information content (AvgIpc) is 3.10. The van der Waals surface area contributed by atoms with Crippen LogP contribution in [0.25, 0.3) is 5.70 Å². The predicted molar refractivity (Wildman–Crippen MR) is 214 cm³/mol. The SMILES string of the molecule is C=CCCC(N)/C(C(CCC)=NC1CCC(=CC)CC1)=C(/N)c1ccc(C)cc1F.CC.CC.CC=O.CCCC.Cc1ccccc1. The molecule has 1 unspecified atom stereocenters. The van der Waals surface area contributed by atoms with Gasteiger partial charge in [0.15, 0.2) is 0 Å². The van der Waals surface area contributed by atoms with Gasteiger partial charge < -0.3 is 16.3 Å². The van der Waals surface area contributed by atoms with Gasteiger partial charge in [-0.3, -0.25) is 4.99 Å². The minimum absolute atomic E-state index is 0.271. The average molecular weight is 666 g/mol. The summed E-state index contributed by atoms with van der Waals surface area (Å²) in [5.41, 5.74) is 19.5. The van der Waals surface area contributed by atoms with Crippen molar-refractivity contribution in [3.63, 3.8) is 0 Å². The van der Waals surface area contributed by atoms with Gasteiger partial charge in [-0.2, -0.15) is 0 Å². The first-order valence-electron chi connectivity index (χ1n) is 18.4. The molecule has 3 rings (SSSR count). The second kappa shape index (κ2) is 33.6. The maximum absolute atomic E-state index is 14.7. The third kappa shape index (κ3) is 22.3. The van der Waals surface area contributed by atoms with Gasteiger partial charge in [0, 0.05) is 28.6 Å². The lowest BCUT2D eigenvalue weighted by atomic mass is 9.88. The van der Waals surface area contributed by atoms with E-state index >= 15 is 0 Å². The van der Waals surface area contributed by atoms with Crippen molar-refractivity contribution in [1.29, 1.82) is 0 Å². The van der Waals surface area contributed by atoms with Gasteiger partial charge in [0.2, 0.25) is 0 Å². The Kier molecular flexibility index (Phi) is 34.3. The number of carbonyl (C=O) groups excluding carboxylic acids is 1. The van der Waals surface area contributed by atoms with Crippen LogP contribution >= 0.6 is 0 Å². The van der Waals surface area contributed by atoms with Crippen LogP contribution in [0.2, 0.25) is 0 Å². The Balaban J connectivity index is -0.000000922. The molecule has 2 aromatic rings. The van der Waals surface area contributed by atoms with E-state index in [0.717, 1.165) is 68.1 Å². The van der Waals surface area contributed by atoms with E-state index in [4.69, 9.17) is 21.3 Å². The fourth-order valence-corrected chi connectivity index (χ4v) is 4.65. The number of hydrogen-bond acceptors (Lipinski definition) is 4. The van der Waals surface area contributed by atoms with Gasteiger partial charge in [0.25, 0.3) is 0 Å². The summed E-state index contributed by atoms with van der Waals surface area (Å²) in [5, 5.41) is 0. The summed E-state index contributed by atoms with van der Waals surface area (Å²) in [4.78, 5) is 13.9. The number of rotatable bonds is 10. The minimum atomic E-state index is -0.313. The summed E-state index contributed by atoms with van der Waals surface area (Å²) in [6, 6.07) is 15.4. The summed E-state index contributed by atoms with van der Waals surface area (Å²) in [5.74, 6) is -0.313. The van der Waals surface area contributed by atoms with Crippen molar-refractivity contribution in [3.05, 3.63) is 101 Å². The van der Waals surface area contributed by atoms with Gasteiger partial charge in [0.1, 0.15) is 12.1 Å². The molecule has 272 valence electrons. The Morgan fingerprint density at radius 1 is 0.938 bits per heavy atom. The van der Waals surface area contributed by atoms with Crippen molar-refractivity contribution in [2.24, 2.45) is 16.5 Å². The van der Waals surface area contributed by atoms with E-state index in [1.54, 1.807) is 6.07 Å². The van der Waals surface area contributed by atoms with Gasteiger partial charge in [-0.25, -0.2) is 4.39 Å². The van der Waals surface area contributed by atoms with E-state index in [2.05, 4.69) is 59.4 Å². The van der Waals surface area contributed by atoms with Crippen molar-refractivity contribution < 1.29 is 9.18 Å². The van der Waals surface area contributed by atoms with Crippen LogP contribution in [0.5, 0.6) is 0 Å². The van der Waals surface area contributed by atoms with Crippen LogP contribution < -0.4 is 11.5 Å². The molecule has 0 saturated heterocycles. The molecular weight excluding hydrogens is 593 g/mol. The number of aryl methyl sites for hydroxylation is 2. The lowest BCUT2D eigenvalue weighted by Gasteiger charge is -2.25. The van der Waals surface area contributed by atoms with Crippen LogP contribution in [-0.4, -0.2) is 24.1 Å². The van der Waals surface area contributed by atoms with E-state index in [1.165, 1.54) is 37.0 Å². The normalized spacial score (nSPS) is 14.5. The third-order valence-corrected chi connectivity index (χ3v) is 7.34. The number of allylic oxidation sites excluding steroid dienone is 3. The fourth-order valence-electron chi connectivity index (χ4n) is 4.65. The Morgan fingerprint density at radius 3 is 1.88 bits per heavy atom. The molecule has 5 heteroatoms. The van der Waals surface area contributed by atoms with Gasteiger partial charge in [-0.15, -0.1) is 6.58 Å². The highest BCUT2D eigenvalue weighted by Crippen LogP contribution is 2.29. The maximum atomic E-state index is 14.7. The van der Waals surface area contributed by atoms with Gasteiger partial charge >= 0.3 is 0 Å². The quantitative estimate of drug-likeness (QED) is 0.150. The zero-order valence-electron chi connectivity index (χ0n) is 32.7. The zero-order chi connectivity index (χ0) is 37.3. The van der Waals surface area contributed by atoms with Crippen molar-refractivity contribution in [2.75, 3.05) is 0 Å². The first-order valence-corrected chi connectivity index (χ1v) is 18.4. The lowest BCUT2D eigenvalue weighted by molar-refractivity contribution is -0.106. The summed E-state index contributed by atoms with van der Waals surface area (Å²) in [6.07, 6.45) is 15.0. The number of halogens is 1. The number of aldehydes is 1. The van der Waals surface area contributed by atoms with Crippen molar-refractivity contribution in [2.45, 2.75) is 152 Å². The van der Waals surface area contributed by atoms with Crippen LogP contribution in [0, 0.1) is 19.7 Å². The molecule has 0 spiro atoms. The van der Waals surface area contributed by atoms with Crippen molar-refractivity contribution in [1.82, 2.24) is 0 Å². The number of nitrogens with two attached hydrogens (primary N) is 2. The smallest absolute Gasteiger partial charge is 0.132 e. The highest BCUT2D eigenvalue weighted by atomic mass is 19.1. The second-order valence-corrected chi connectivity index (χ2v) is 11.2. The Labute approximate surface area is 296 Å². The molecular formula is C43H72FN3O. The van der Waals surface area contributed by atoms with Crippen molar-refractivity contribution >= 4 is 17.7 Å². The lowest BCUT2D eigenvalue weighted by Crippen LogP contribution is -2.31. The molecule has 0 radical (unpaired) electrons. The number of aliphatic imine (C=N–C) groups is 1. The van der Waals surface area contributed by atoms with E-state index in [0.29, 0.717) is 17.7 Å². The first kappa shape index (κ1) is 49.1. The number of benzene rings is 2. The Morgan fingerprint density at radius 2 is 1.48 bits per heavy atom. The standard InChI is InChI=1S/C26H38FN3.C7H8.C4H10.C2H4O.2C2H6/c1-5-8-10-23(28)25(26(29)21-16-11-18(4)17-22(21)27)24(9-6-2)30-20-14-12-19(7-3)13-15-20;1-7-5-3-2-4-6-7;1-3-4-2;1-2-3;2*1-2/h5,7,11,16-17,20,23H,1,6,8-10,12-15,28-29H2,2-4H3;2-6H,1H3;3-4H2,1-2H3;2H,1H3;2*1-2H3/b19-7?,26-25-,30-24?;;;;;. The minimum Gasteiger partial charge on any atom is -0.398 e. The summed E-state index contributed by atoms with van der Waals surface area (Å²) in [6.45, 7) is 25.8. The number of hydrogen-bond donors (Lipinski definition) is 2. The highest BCUT2D eigenvalue weighted by molar-refractivity contribution is 6.07. The molecule has 1 atom stereocenters. The van der Waals surface area contributed by atoms with E-state index in [-0.39, 0.29) is 17.9 Å². The molecule has 0 heterocycles. The second-order valence-electron chi connectivity index (χ2n) is 11.2. The van der Waals surface area contributed by atoms with Crippen LogP contribution in [0.4, 0.5) is 4.39 Å². The van der Waals surface area contributed by atoms with Crippen LogP contribution in [-0.2, 0) is 4.79 Å². The number of unbranched alkanes of at least 4 members (excludes halogenated alkanes) is 1. The Hall–Kier alpha value is -3.31. The predicted octanol–water partition coefficient (Wildman–Crippen LogP) is 12.3. The first-order chi connectivity index (χ1) is 23.1. The summed E-state index contributed by atoms with van der Waals surface area (Å²) >= 11 is 0. The largest absolute Gasteiger partial charge is 0.398 e. The molecule has 48 heavy (non-hydrogen) atoms. The summed E-state index contributed by atoms with van der Waals surface area (Å²) < 4.78 is 14.7. The highest BCUT2D eigenvalue weighted by Gasteiger charge is 2.23. The molecule has 0 amide bonds. The Bertz CT molecular complexity index is 1160. The van der Waals surface area contributed by atoms with Crippen LogP contribution in [0.15, 0.2) is 83.4 Å². The number of carbonyl (C=O) groups is 1. The van der Waals surface area contributed by atoms with E-state index < -0.39 is 0 Å². The molecule has 2 aromatic carbocycles. The van der Waals surface area contributed by atoms with E-state index in [1.807, 2.05) is 65.0 Å². The van der Waals surface area contributed by atoms with Gasteiger partial charge in [-0.1, -0.05) is 127 Å².